The first-order valence-corrected chi connectivity index (χ1v) is 19.5. The molecule has 1 heteroatoms. The molecule has 0 N–H and O–H groups in total. The van der Waals surface area contributed by atoms with Crippen LogP contribution in [0.3, 0.4) is 0 Å². The molecule has 0 radical (unpaired) electrons. The Labute approximate surface area is 329 Å². The number of benzene rings is 9. The van der Waals surface area contributed by atoms with Crippen LogP contribution in [0.2, 0.25) is 0 Å². The van der Waals surface area contributed by atoms with Crippen LogP contribution < -0.4 is 4.90 Å². The number of fused-ring (bicyclic) bond motifs is 4. The van der Waals surface area contributed by atoms with E-state index in [1.54, 1.807) is 0 Å². The maximum absolute atomic E-state index is 2.44. The van der Waals surface area contributed by atoms with Crippen molar-refractivity contribution in [1.29, 1.82) is 0 Å². The lowest BCUT2D eigenvalue weighted by molar-refractivity contribution is 0.660. The highest BCUT2D eigenvalue weighted by molar-refractivity contribution is 5.99. The van der Waals surface area contributed by atoms with E-state index in [9.17, 15) is 0 Å². The van der Waals surface area contributed by atoms with Crippen LogP contribution in [0.4, 0.5) is 17.1 Å². The van der Waals surface area contributed by atoms with Gasteiger partial charge in [0.25, 0.3) is 0 Å². The van der Waals surface area contributed by atoms with E-state index in [0.717, 1.165) is 17.1 Å². The zero-order valence-electron chi connectivity index (χ0n) is 31.7. The normalized spacial score (nSPS) is 12.6. The van der Waals surface area contributed by atoms with E-state index < -0.39 is 0 Å². The molecule has 56 heavy (non-hydrogen) atoms. The summed E-state index contributed by atoms with van der Waals surface area (Å²) < 4.78 is 0. The molecule has 0 fully saturated rings. The maximum Gasteiger partial charge on any atom is 0.0540 e. The molecule has 0 heterocycles. The maximum atomic E-state index is 2.44. The Morgan fingerprint density at radius 2 is 0.750 bits per heavy atom. The van der Waals surface area contributed by atoms with E-state index in [2.05, 4.69) is 231 Å². The summed E-state index contributed by atoms with van der Waals surface area (Å²) >= 11 is 0. The fourth-order valence-electron chi connectivity index (χ4n) is 8.67. The molecule has 0 saturated heterocycles. The van der Waals surface area contributed by atoms with Crippen molar-refractivity contribution in [2.45, 2.75) is 19.3 Å². The summed E-state index contributed by atoms with van der Waals surface area (Å²) in [6, 6.07) is 77.5. The van der Waals surface area contributed by atoms with Gasteiger partial charge in [0.1, 0.15) is 0 Å². The van der Waals surface area contributed by atoms with Gasteiger partial charge in [0.15, 0.2) is 0 Å². The van der Waals surface area contributed by atoms with Gasteiger partial charge in [-0.3, -0.25) is 0 Å². The van der Waals surface area contributed by atoms with Gasteiger partial charge in [-0.05, 0) is 115 Å². The standard InChI is InChI=1S/C55H41N/c1-55(2)52-36-46(41-25-23-40(24-26-41)38-13-5-3-6-14-38)29-33-50(52)51-34-32-48(37-53(51)55)56(54-22-12-18-43-17-9-10-21-49(43)54)47-30-27-42(28-31-47)45-20-11-19-44(35-45)39-15-7-4-8-16-39/h3-37H,1-2H3. The Balaban J connectivity index is 1.03. The highest BCUT2D eigenvalue weighted by Gasteiger charge is 2.36. The van der Waals surface area contributed by atoms with Crippen molar-refractivity contribution in [3.63, 3.8) is 0 Å². The van der Waals surface area contributed by atoms with Crippen LogP contribution >= 0.6 is 0 Å². The summed E-state index contributed by atoms with van der Waals surface area (Å²) in [6.07, 6.45) is 0. The number of hydrogen-bond acceptors (Lipinski definition) is 1. The van der Waals surface area contributed by atoms with E-state index in [4.69, 9.17) is 0 Å². The van der Waals surface area contributed by atoms with Crippen molar-refractivity contribution in [3.8, 4) is 55.6 Å². The van der Waals surface area contributed by atoms with Gasteiger partial charge in [0.2, 0.25) is 0 Å². The average Bonchev–Trinajstić information content (AvgIpc) is 3.49. The lowest BCUT2D eigenvalue weighted by Gasteiger charge is -2.29. The molecule has 9 aromatic rings. The third kappa shape index (κ3) is 5.90. The zero-order chi connectivity index (χ0) is 37.6. The summed E-state index contributed by atoms with van der Waals surface area (Å²) in [5.41, 5.74) is 18.4. The summed E-state index contributed by atoms with van der Waals surface area (Å²) in [7, 11) is 0. The molecule has 0 unspecified atom stereocenters. The van der Waals surface area contributed by atoms with Gasteiger partial charge < -0.3 is 4.90 Å². The number of nitrogens with zero attached hydrogens (tertiary/aromatic N) is 1. The molecule has 0 aliphatic heterocycles. The van der Waals surface area contributed by atoms with Crippen molar-refractivity contribution < 1.29 is 0 Å². The first-order chi connectivity index (χ1) is 27.5. The molecule has 9 aromatic carbocycles. The van der Waals surface area contributed by atoms with Gasteiger partial charge in [-0.1, -0.05) is 184 Å². The summed E-state index contributed by atoms with van der Waals surface area (Å²) in [4.78, 5) is 2.44. The second kappa shape index (κ2) is 13.7. The second-order valence-electron chi connectivity index (χ2n) is 15.4. The molecule has 0 spiro atoms. The minimum Gasteiger partial charge on any atom is -0.310 e. The largest absolute Gasteiger partial charge is 0.310 e. The van der Waals surface area contributed by atoms with Gasteiger partial charge in [-0.15, -0.1) is 0 Å². The molecule has 1 aliphatic carbocycles. The number of anilines is 3. The fraction of sp³-hybridized carbons (Fsp3) is 0.0545. The van der Waals surface area contributed by atoms with Crippen LogP contribution in [0.1, 0.15) is 25.0 Å². The van der Waals surface area contributed by atoms with Crippen molar-refractivity contribution >= 4 is 27.8 Å². The van der Waals surface area contributed by atoms with Crippen LogP contribution in [-0.4, -0.2) is 0 Å². The minimum atomic E-state index is -0.182. The molecule has 1 nitrogen and oxygen atoms in total. The van der Waals surface area contributed by atoms with E-state index >= 15 is 0 Å². The molecule has 266 valence electrons. The summed E-state index contributed by atoms with van der Waals surface area (Å²) in [5.74, 6) is 0. The van der Waals surface area contributed by atoms with Crippen LogP contribution in [0.15, 0.2) is 212 Å². The lowest BCUT2D eigenvalue weighted by atomic mass is 9.81. The summed E-state index contributed by atoms with van der Waals surface area (Å²) in [5, 5.41) is 2.45. The predicted molar refractivity (Wildman–Crippen MR) is 238 cm³/mol. The van der Waals surface area contributed by atoms with Crippen molar-refractivity contribution in [2.24, 2.45) is 0 Å². The van der Waals surface area contributed by atoms with Crippen molar-refractivity contribution in [1.82, 2.24) is 0 Å². The monoisotopic (exact) mass is 715 g/mol. The van der Waals surface area contributed by atoms with Gasteiger partial charge >= 0.3 is 0 Å². The van der Waals surface area contributed by atoms with Gasteiger partial charge in [-0.2, -0.15) is 0 Å². The smallest absolute Gasteiger partial charge is 0.0540 e. The molecule has 0 atom stereocenters. The second-order valence-corrected chi connectivity index (χ2v) is 15.4. The fourth-order valence-corrected chi connectivity index (χ4v) is 8.67. The van der Waals surface area contributed by atoms with E-state index in [1.165, 1.54) is 77.5 Å². The van der Waals surface area contributed by atoms with E-state index in [-0.39, 0.29) is 5.41 Å². The molecule has 0 amide bonds. The molecular weight excluding hydrogens is 675 g/mol. The number of hydrogen-bond donors (Lipinski definition) is 0. The molecule has 0 aromatic heterocycles. The Morgan fingerprint density at radius 1 is 0.321 bits per heavy atom. The van der Waals surface area contributed by atoms with Crippen LogP contribution in [0.25, 0.3) is 66.4 Å². The molecule has 0 saturated carbocycles. The first kappa shape index (κ1) is 33.6. The van der Waals surface area contributed by atoms with E-state index in [1.807, 2.05) is 0 Å². The van der Waals surface area contributed by atoms with Crippen molar-refractivity contribution in [3.05, 3.63) is 223 Å². The Hall–Kier alpha value is -6.96. The summed E-state index contributed by atoms with van der Waals surface area (Å²) in [6.45, 7) is 4.76. The Morgan fingerprint density at radius 3 is 1.43 bits per heavy atom. The van der Waals surface area contributed by atoms with Crippen LogP contribution in [0, 0.1) is 0 Å². The SMILES string of the molecule is CC1(C)c2cc(-c3ccc(-c4ccccc4)cc3)ccc2-c2ccc(N(c3ccc(-c4cccc(-c5ccccc5)c4)cc3)c3cccc4ccccc34)cc21. The highest BCUT2D eigenvalue weighted by Crippen LogP contribution is 2.52. The molecular formula is C55H41N. The van der Waals surface area contributed by atoms with E-state index in [0.29, 0.717) is 0 Å². The third-order valence-electron chi connectivity index (χ3n) is 11.7. The zero-order valence-corrected chi connectivity index (χ0v) is 31.7. The van der Waals surface area contributed by atoms with Gasteiger partial charge in [0, 0.05) is 22.2 Å². The van der Waals surface area contributed by atoms with Crippen LogP contribution in [-0.2, 0) is 5.41 Å². The van der Waals surface area contributed by atoms with Crippen LogP contribution in [0.5, 0.6) is 0 Å². The molecule has 10 rings (SSSR count). The topological polar surface area (TPSA) is 3.24 Å². The highest BCUT2D eigenvalue weighted by atomic mass is 15.1. The minimum absolute atomic E-state index is 0.182. The average molecular weight is 716 g/mol. The third-order valence-corrected chi connectivity index (χ3v) is 11.7. The van der Waals surface area contributed by atoms with Crippen molar-refractivity contribution in [2.75, 3.05) is 4.90 Å². The first-order valence-electron chi connectivity index (χ1n) is 19.5. The van der Waals surface area contributed by atoms with Gasteiger partial charge in [0.05, 0.1) is 5.69 Å². The molecule has 0 bridgehead atoms. The quantitative estimate of drug-likeness (QED) is 0.159. The Bertz CT molecular complexity index is 2840. The number of rotatable bonds is 7. The lowest BCUT2D eigenvalue weighted by Crippen LogP contribution is -2.16. The predicted octanol–water partition coefficient (Wildman–Crippen LogP) is 15.3. The molecule has 1 aliphatic rings. The van der Waals surface area contributed by atoms with Gasteiger partial charge in [-0.25, -0.2) is 0 Å². The Kier molecular flexibility index (Phi) is 8.23.